The zero-order valence-corrected chi connectivity index (χ0v) is 13.9. The van der Waals surface area contributed by atoms with E-state index in [4.69, 9.17) is 0 Å². The molecule has 1 aliphatic carbocycles. The summed E-state index contributed by atoms with van der Waals surface area (Å²) in [4.78, 5) is 0.303. The van der Waals surface area contributed by atoms with Crippen LogP contribution in [0, 0.1) is 12.8 Å². The van der Waals surface area contributed by atoms with Gasteiger partial charge < -0.3 is 5.32 Å². The van der Waals surface area contributed by atoms with Gasteiger partial charge in [0.05, 0.1) is 11.4 Å². The Bertz CT molecular complexity index is 568. The molecule has 2 atom stereocenters. The van der Waals surface area contributed by atoms with E-state index in [1.54, 1.807) is 14.0 Å². The second kappa shape index (κ2) is 6.89. The number of nitrogens with one attached hydrogen (secondary N) is 3. The van der Waals surface area contributed by atoms with Crippen molar-refractivity contribution in [3.05, 3.63) is 11.4 Å². The van der Waals surface area contributed by atoms with Crippen LogP contribution in [0.15, 0.2) is 4.90 Å². The molecule has 2 rings (SSSR count). The number of hydrogen-bond acceptors (Lipinski definition) is 4. The van der Waals surface area contributed by atoms with Crippen LogP contribution >= 0.6 is 0 Å². The Morgan fingerprint density at radius 3 is 2.71 bits per heavy atom. The van der Waals surface area contributed by atoms with Gasteiger partial charge in [0.15, 0.2) is 0 Å². The van der Waals surface area contributed by atoms with E-state index in [0.29, 0.717) is 28.7 Å². The van der Waals surface area contributed by atoms with Crippen LogP contribution in [-0.4, -0.2) is 31.7 Å². The van der Waals surface area contributed by atoms with Crippen LogP contribution in [0.1, 0.15) is 50.4 Å². The van der Waals surface area contributed by atoms with Gasteiger partial charge in [0, 0.05) is 12.6 Å². The molecule has 1 heterocycles. The predicted molar refractivity (Wildman–Crippen MR) is 82.4 cm³/mol. The Balaban J connectivity index is 2.23. The molecule has 0 amide bonds. The number of sulfonamides is 1. The third kappa shape index (κ3) is 3.64. The molecule has 1 aromatic heterocycles. The summed E-state index contributed by atoms with van der Waals surface area (Å²) in [6.07, 6.45) is 5.35. The highest BCUT2D eigenvalue weighted by Gasteiger charge is 2.31. The van der Waals surface area contributed by atoms with Gasteiger partial charge in [0.1, 0.15) is 4.90 Å². The highest BCUT2D eigenvalue weighted by molar-refractivity contribution is 7.89. The van der Waals surface area contributed by atoms with Crippen LogP contribution < -0.4 is 10.0 Å². The number of nitrogens with zero attached hydrogens (tertiary/aromatic N) is 1. The summed E-state index contributed by atoms with van der Waals surface area (Å²) >= 11 is 0. The van der Waals surface area contributed by atoms with Crippen molar-refractivity contribution in [3.63, 3.8) is 0 Å². The first-order valence-corrected chi connectivity index (χ1v) is 9.18. The predicted octanol–water partition coefficient (Wildman–Crippen LogP) is 1.68. The van der Waals surface area contributed by atoms with Crippen molar-refractivity contribution in [3.8, 4) is 0 Å². The van der Waals surface area contributed by atoms with Gasteiger partial charge in [0.2, 0.25) is 10.0 Å². The molecule has 1 aromatic rings. The lowest BCUT2D eigenvalue weighted by Gasteiger charge is -2.31. The van der Waals surface area contributed by atoms with Crippen molar-refractivity contribution >= 4 is 10.0 Å². The van der Waals surface area contributed by atoms with Crippen LogP contribution in [0.4, 0.5) is 0 Å². The molecule has 1 aliphatic rings. The molecule has 0 saturated heterocycles. The van der Waals surface area contributed by atoms with Crippen LogP contribution in [0.3, 0.4) is 0 Å². The zero-order chi connectivity index (χ0) is 15.5. The first kappa shape index (κ1) is 16.5. The fraction of sp³-hybridized carbons (Fsp3) is 0.786. The average molecular weight is 314 g/mol. The van der Waals surface area contributed by atoms with Crippen molar-refractivity contribution in [2.45, 2.75) is 63.4 Å². The summed E-state index contributed by atoms with van der Waals surface area (Å²) in [6.45, 7) is 4.31. The van der Waals surface area contributed by atoms with Gasteiger partial charge in [-0.15, -0.1) is 0 Å². The highest BCUT2D eigenvalue weighted by Crippen LogP contribution is 2.28. The maximum atomic E-state index is 12.7. The van der Waals surface area contributed by atoms with Crippen molar-refractivity contribution in [1.29, 1.82) is 0 Å². The molecule has 1 fully saturated rings. The van der Waals surface area contributed by atoms with Crippen LogP contribution in [0.25, 0.3) is 0 Å². The van der Waals surface area contributed by atoms with Gasteiger partial charge in [-0.3, -0.25) is 5.10 Å². The Morgan fingerprint density at radius 2 is 2.05 bits per heavy atom. The Kier molecular flexibility index (Phi) is 5.40. The van der Waals surface area contributed by atoms with E-state index < -0.39 is 10.0 Å². The second-order valence-electron chi connectivity index (χ2n) is 5.84. The van der Waals surface area contributed by atoms with E-state index in [9.17, 15) is 8.42 Å². The standard InChI is InChI=1S/C14H26N4O2S/c1-4-11-7-5-6-8-12(11)18-21(19,20)14-10(2)16-17-13(14)9-15-3/h11-12,15,18H,4-9H2,1-3H3,(H,16,17). The number of hydrogen-bond donors (Lipinski definition) is 3. The Morgan fingerprint density at radius 1 is 1.33 bits per heavy atom. The topological polar surface area (TPSA) is 86.9 Å². The fourth-order valence-corrected chi connectivity index (χ4v) is 4.93. The average Bonchev–Trinajstić information content (AvgIpc) is 2.81. The summed E-state index contributed by atoms with van der Waals surface area (Å²) < 4.78 is 28.4. The van der Waals surface area contributed by atoms with E-state index in [1.807, 2.05) is 0 Å². The third-order valence-electron chi connectivity index (χ3n) is 4.31. The maximum absolute atomic E-state index is 12.7. The van der Waals surface area contributed by atoms with E-state index in [1.165, 1.54) is 6.42 Å². The maximum Gasteiger partial charge on any atom is 0.244 e. The van der Waals surface area contributed by atoms with Crippen molar-refractivity contribution in [1.82, 2.24) is 20.2 Å². The molecule has 0 radical (unpaired) electrons. The molecule has 1 saturated carbocycles. The summed E-state index contributed by atoms with van der Waals surface area (Å²) in [6, 6.07) is 0.0467. The van der Waals surface area contributed by atoms with Gasteiger partial charge in [-0.2, -0.15) is 5.10 Å². The lowest BCUT2D eigenvalue weighted by molar-refractivity contribution is 0.282. The SMILES string of the molecule is CCC1CCCCC1NS(=O)(=O)c1c(CNC)n[nH]c1C. The summed E-state index contributed by atoms with van der Waals surface area (Å²) in [5.74, 6) is 0.438. The molecular formula is C14H26N4O2S. The molecular weight excluding hydrogens is 288 g/mol. The first-order chi connectivity index (χ1) is 9.99. The van der Waals surface area contributed by atoms with Crippen molar-refractivity contribution < 1.29 is 8.42 Å². The summed E-state index contributed by atoms with van der Waals surface area (Å²) in [5, 5.41) is 9.84. The minimum Gasteiger partial charge on any atom is -0.314 e. The monoisotopic (exact) mass is 314 g/mol. The van der Waals surface area contributed by atoms with E-state index in [-0.39, 0.29) is 6.04 Å². The van der Waals surface area contributed by atoms with E-state index >= 15 is 0 Å². The molecule has 0 bridgehead atoms. The van der Waals surface area contributed by atoms with E-state index in [0.717, 1.165) is 25.7 Å². The van der Waals surface area contributed by atoms with Gasteiger partial charge in [0.25, 0.3) is 0 Å². The van der Waals surface area contributed by atoms with Crippen molar-refractivity contribution in [2.24, 2.45) is 5.92 Å². The largest absolute Gasteiger partial charge is 0.314 e. The molecule has 3 N–H and O–H groups in total. The van der Waals surface area contributed by atoms with Gasteiger partial charge in [-0.1, -0.05) is 26.2 Å². The molecule has 0 aliphatic heterocycles. The minimum atomic E-state index is -3.53. The van der Waals surface area contributed by atoms with Crippen LogP contribution in [-0.2, 0) is 16.6 Å². The second-order valence-corrected chi connectivity index (χ2v) is 7.49. The minimum absolute atomic E-state index is 0.0467. The Labute approximate surface area is 127 Å². The molecule has 6 nitrogen and oxygen atoms in total. The van der Waals surface area contributed by atoms with Gasteiger partial charge in [-0.05, 0) is 32.7 Å². The third-order valence-corrected chi connectivity index (χ3v) is 6.01. The summed E-state index contributed by atoms with van der Waals surface area (Å²) in [5.41, 5.74) is 1.14. The molecule has 0 aromatic carbocycles. The highest BCUT2D eigenvalue weighted by atomic mass is 32.2. The Hall–Kier alpha value is -0.920. The molecule has 21 heavy (non-hydrogen) atoms. The van der Waals surface area contributed by atoms with Gasteiger partial charge >= 0.3 is 0 Å². The van der Waals surface area contributed by atoms with E-state index in [2.05, 4.69) is 27.2 Å². The zero-order valence-electron chi connectivity index (χ0n) is 13.1. The smallest absolute Gasteiger partial charge is 0.244 e. The molecule has 7 heteroatoms. The number of aromatic nitrogens is 2. The molecule has 0 spiro atoms. The number of aromatic amines is 1. The first-order valence-electron chi connectivity index (χ1n) is 7.70. The number of rotatable bonds is 6. The van der Waals surface area contributed by atoms with Gasteiger partial charge in [-0.25, -0.2) is 13.1 Å². The molecule has 2 unspecified atom stereocenters. The number of H-pyrrole nitrogens is 1. The number of aryl methyl sites for hydroxylation is 1. The van der Waals surface area contributed by atoms with Crippen LogP contribution in [0.5, 0.6) is 0 Å². The normalized spacial score (nSPS) is 23.4. The fourth-order valence-electron chi connectivity index (χ4n) is 3.22. The van der Waals surface area contributed by atoms with Crippen molar-refractivity contribution in [2.75, 3.05) is 7.05 Å². The van der Waals surface area contributed by atoms with Crippen LogP contribution in [0.2, 0.25) is 0 Å². The summed E-state index contributed by atoms with van der Waals surface area (Å²) in [7, 11) is -1.75. The quantitative estimate of drug-likeness (QED) is 0.745. The molecule has 120 valence electrons. The lowest BCUT2D eigenvalue weighted by atomic mass is 9.83. The lowest BCUT2D eigenvalue weighted by Crippen LogP contribution is -2.42.